The summed E-state index contributed by atoms with van der Waals surface area (Å²) in [5.41, 5.74) is 1.85. The number of hydrogen-bond acceptors (Lipinski definition) is 4. The zero-order chi connectivity index (χ0) is 14.8. The summed E-state index contributed by atoms with van der Waals surface area (Å²) < 4.78 is 19.2. The number of methoxy groups -OCH3 is 1. The SMILES string of the molecule is COc1cccc(C(O)c2cccc3nccnc23)c1F. The van der Waals surface area contributed by atoms with Crippen molar-refractivity contribution in [3.8, 4) is 5.75 Å². The predicted molar refractivity (Wildman–Crippen MR) is 76.6 cm³/mol. The lowest BCUT2D eigenvalue weighted by atomic mass is 9.99. The maximum Gasteiger partial charge on any atom is 0.171 e. The first-order valence-electron chi connectivity index (χ1n) is 6.42. The number of nitrogens with zero attached hydrogens (tertiary/aromatic N) is 2. The summed E-state index contributed by atoms with van der Waals surface area (Å²) in [6, 6.07) is 9.93. The smallest absolute Gasteiger partial charge is 0.171 e. The molecule has 1 heterocycles. The first kappa shape index (κ1) is 13.5. The number of ether oxygens (including phenoxy) is 1. The molecular formula is C16H13FN2O2. The van der Waals surface area contributed by atoms with Gasteiger partial charge >= 0.3 is 0 Å². The van der Waals surface area contributed by atoms with Crippen LogP contribution in [0, 0.1) is 5.82 Å². The minimum Gasteiger partial charge on any atom is -0.494 e. The Bertz CT molecular complexity index is 787. The van der Waals surface area contributed by atoms with Crippen molar-refractivity contribution in [3.63, 3.8) is 0 Å². The maximum absolute atomic E-state index is 14.3. The second-order valence-corrected chi connectivity index (χ2v) is 4.54. The molecular weight excluding hydrogens is 271 g/mol. The molecule has 5 heteroatoms. The van der Waals surface area contributed by atoms with Gasteiger partial charge < -0.3 is 9.84 Å². The third kappa shape index (κ3) is 2.32. The molecule has 0 amide bonds. The van der Waals surface area contributed by atoms with Crippen LogP contribution in [0.15, 0.2) is 48.8 Å². The van der Waals surface area contributed by atoms with Crippen molar-refractivity contribution in [2.24, 2.45) is 0 Å². The van der Waals surface area contributed by atoms with Gasteiger partial charge in [0.15, 0.2) is 11.6 Å². The summed E-state index contributed by atoms with van der Waals surface area (Å²) in [7, 11) is 1.39. The molecule has 0 spiro atoms. The van der Waals surface area contributed by atoms with Gasteiger partial charge in [-0.1, -0.05) is 24.3 Å². The Morgan fingerprint density at radius 1 is 1.05 bits per heavy atom. The summed E-state index contributed by atoms with van der Waals surface area (Å²) in [4.78, 5) is 8.41. The van der Waals surface area contributed by atoms with E-state index in [0.29, 0.717) is 16.6 Å². The van der Waals surface area contributed by atoms with Crippen LogP contribution < -0.4 is 4.74 Å². The van der Waals surface area contributed by atoms with E-state index in [1.165, 1.54) is 19.2 Å². The molecule has 3 aromatic rings. The summed E-state index contributed by atoms with van der Waals surface area (Å²) in [6.07, 6.45) is 1.98. The third-order valence-electron chi connectivity index (χ3n) is 3.33. The number of halogens is 1. The average molecular weight is 284 g/mol. The largest absolute Gasteiger partial charge is 0.494 e. The molecule has 0 radical (unpaired) electrons. The molecule has 4 nitrogen and oxygen atoms in total. The monoisotopic (exact) mass is 284 g/mol. The number of aliphatic hydroxyl groups is 1. The Balaban J connectivity index is 2.15. The number of benzene rings is 2. The van der Waals surface area contributed by atoms with Crippen molar-refractivity contribution in [3.05, 3.63) is 65.7 Å². The van der Waals surface area contributed by atoms with Gasteiger partial charge in [0.2, 0.25) is 0 Å². The van der Waals surface area contributed by atoms with E-state index in [-0.39, 0.29) is 11.3 Å². The van der Waals surface area contributed by atoms with Gasteiger partial charge in [0.1, 0.15) is 6.10 Å². The Kier molecular flexibility index (Phi) is 3.50. The van der Waals surface area contributed by atoms with Crippen LogP contribution in [-0.2, 0) is 0 Å². The van der Waals surface area contributed by atoms with Gasteiger partial charge in [-0.3, -0.25) is 9.97 Å². The molecule has 0 aliphatic rings. The molecule has 0 saturated carbocycles. The molecule has 1 unspecified atom stereocenters. The Hall–Kier alpha value is -2.53. The Morgan fingerprint density at radius 2 is 1.76 bits per heavy atom. The van der Waals surface area contributed by atoms with E-state index in [2.05, 4.69) is 9.97 Å². The molecule has 0 aliphatic carbocycles. The molecule has 1 aromatic heterocycles. The average Bonchev–Trinajstić information content (AvgIpc) is 2.54. The molecule has 0 saturated heterocycles. The standard InChI is InChI=1S/C16H13FN2O2/c1-21-13-7-3-4-10(14(13)17)16(20)11-5-2-6-12-15(11)19-9-8-18-12/h2-9,16,20H,1H3. The van der Waals surface area contributed by atoms with Gasteiger partial charge in [-0.2, -0.15) is 0 Å². The zero-order valence-corrected chi connectivity index (χ0v) is 11.3. The lowest BCUT2D eigenvalue weighted by Gasteiger charge is -2.15. The van der Waals surface area contributed by atoms with Crippen LogP contribution in [0.25, 0.3) is 11.0 Å². The lowest BCUT2D eigenvalue weighted by molar-refractivity contribution is 0.214. The van der Waals surface area contributed by atoms with Crippen LogP contribution in [0.4, 0.5) is 4.39 Å². The highest BCUT2D eigenvalue weighted by Gasteiger charge is 2.20. The number of aliphatic hydroxyl groups excluding tert-OH is 1. The van der Waals surface area contributed by atoms with Crippen molar-refractivity contribution < 1.29 is 14.2 Å². The van der Waals surface area contributed by atoms with Gasteiger partial charge in [0.05, 0.1) is 18.1 Å². The fourth-order valence-electron chi connectivity index (χ4n) is 2.30. The highest BCUT2D eigenvalue weighted by atomic mass is 19.1. The van der Waals surface area contributed by atoms with Crippen LogP contribution in [0.5, 0.6) is 5.75 Å². The first-order chi connectivity index (χ1) is 10.2. The molecule has 21 heavy (non-hydrogen) atoms. The normalized spacial score (nSPS) is 12.3. The van der Waals surface area contributed by atoms with Crippen molar-refractivity contribution in [1.29, 1.82) is 0 Å². The van der Waals surface area contributed by atoms with E-state index in [1.807, 2.05) is 0 Å². The minimum absolute atomic E-state index is 0.0953. The third-order valence-corrected chi connectivity index (χ3v) is 3.33. The van der Waals surface area contributed by atoms with Crippen LogP contribution >= 0.6 is 0 Å². The molecule has 1 atom stereocenters. The van der Waals surface area contributed by atoms with Gasteiger partial charge in [-0.25, -0.2) is 4.39 Å². The number of para-hydroxylation sites is 1. The highest BCUT2D eigenvalue weighted by molar-refractivity contribution is 5.78. The molecule has 2 aromatic carbocycles. The van der Waals surface area contributed by atoms with E-state index in [9.17, 15) is 9.50 Å². The second kappa shape index (κ2) is 5.46. The zero-order valence-electron chi connectivity index (χ0n) is 11.3. The highest BCUT2D eigenvalue weighted by Crippen LogP contribution is 2.31. The maximum atomic E-state index is 14.3. The number of aromatic nitrogens is 2. The fourth-order valence-corrected chi connectivity index (χ4v) is 2.30. The first-order valence-corrected chi connectivity index (χ1v) is 6.42. The quantitative estimate of drug-likeness (QED) is 0.803. The van der Waals surface area contributed by atoms with Gasteiger partial charge in [0.25, 0.3) is 0 Å². The van der Waals surface area contributed by atoms with E-state index in [4.69, 9.17) is 4.74 Å². The van der Waals surface area contributed by atoms with Crippen molar-refractivity contribution in [2.45, 2.75) is 6.10 Å². The summed E-state index contributed by atoms with van der Waals surface area (Å²) >= 11 is 0. The lowest BCUT2D eigenvalue weighted by Crippen LogP contribution is -2.05. The summed E-state index contributed by atoms with van der Waals surface area (Å²) in [5.74, 6) is -0.480. The van der Waals surface area contributed by atoms with Gasteiger partial charge in [0, 0.05) is 23.5 Å². The molecule has 0 bridgehead atoms. The number of hydrogen-bond donors (Lipinski definition) is 1. The number of fused-ring (bicyclic) bond motifs is 1. The molecule has 0 fully saturated rings. The van der Waals surface area contributed by atoms with E-state index in [0.717, 1.165) is 0 Å². The summed E-state index contributed by atoms with van der Waals surface area (Å²) in [6.45, 7) is 0. The molecule has 0 aliphatic heterocycles. The minimum atomic E-state index is -1.14. The number of rotatable bonds is 3. The Labute approximate surface area is 120 Å². The topological polar surface area (TPSA) is 55.2 Å². The van der Waals surface area contributed by atoms with Crippen LogP contribution in [-0.4, -0.2) is 22.2 Å². The van der Waals surface area contributed by atoms with Gasteiger partial charge in [-0.05, 0) is 12.1 Å². The molecule has 3 rings (SSSR count). The van der Waals surface area contributed by atoms with Crippen molar-refractivity contribution in [1.82, 2.24) is 9.97 Å². The van der Waals surface area contributed by atoms with Crippen LogP contribution in [0.1, 0.15) is 17.2 Å². The predicted octanol–water partition coefficient (Wildman–Crippen LogP) is 2.86. The van der Waals surface area contributed by atoms with E-state index >= 15 is 0 Å². The Morgan fingerprint density at radius 3 is 2.57 bits per heavy atom. The van der Waals surface area contributed by atoms with Gasteiger partial charge in [-0.15, -0.1) is 0 Å². The van der Waals surface area contributed by atoms with Crippen LogP contribution in [0.3, 0.4) is 0 Å². The molecule has 1 N–H and O–H groups in total. The molecule has 106 valence electrons. The second-order valence-electron chi connectivity index (χ2n) is 4.54. The summed E-state index contributed by atoms with van der Waals surface area (Å²) in [5, 5.41) is 10.5. The van der Waals surface area contributed by atoms with Crippen LogP contribution in [0.2, 0.25) is 0 Å². The van der Waals surface area contributed by atoms with Crippen molar-refractivity contribution in [2.75, 3.05) is 7.11 Å². The van der Waals surface area contributed by atoms with E-state index in [1.54, 1.807) is 36.7 Å². The van der Waals surface area contributed by atoms with E-state index < -0.39 is 11.9 Å². The fraction of sp³-hybridized carbons (Fsp3) is 0.125. The van der Waals surface area contributed by atoms with Crippen molar-refractivity contribution >= 4 is 11.0 Å².